The molecule has 2 aromatic heterocycles. The Morgan fingerprint density at radius 1 is 1.53 bits per heavy atom. The number of hydrogen-bond acceptors (Lipinski definition) is 5. The van der Waals surface area contributed by atoms with E-state index >= 15 is 0 Å². The van der Waals surface area contributed by atoms with E-state index in [1.54, 1.807) is 6.92 Å². The molecule has 1 amide bonds. The number of hydrogen-bond donors (Lipinski definition) is 1. The van der Waals surface area contributed by atoms with E-state index < -0.39 is 0 Å². The Hall–Kier alpha value is -1.69. The highest BCUT2D eigenvalue weighted by Gasteiger charge is 2.18. The van der Waals surface area contributed by atoms with Gasteiger partial charge in [-0.3, -0.25) is 4.79 Å². The van der Waals surface area contributed by atoms with Crippen molar-refractivity contribution in [2.75, 3.05) is 0 Å². The van der Waals surface area contributed by atoms with Gasteiger partial charge in [-0.05, 0) is 38.8 Å². The van der Waals surface area contributed by atoms with Gasteiger partial charge >= 0.3 is 0 Å². The summed E-state index contributed by atoms with van der Waals surface area (Å²) in [6, 6.07) is 1.65. The summed E-state index contributed by atoms with van der Waals surface area (Å²) in [4.78, 5) is 18.1. The Balaban J connectivity index is 2.08. The lowest BCUT2D eigenvalue weighted by molar-refractivity contribution is 0.0936. The Morgan fingerprint density at radius 3 is 2.79 bits per heavy atom. The summed E-state index contributed by atoms with van der Waals surface area (Å²) in [5, 5.41) is 6.58. The van der Waals surface area contributed by atoms with Gasteiger partial charge in [0, 0.05) is 4.88 Å². The van der Waals surface area contributed by atoms with Gasteiger partial charge < -0.3 is 9.84 Å². The molecule has 0 radical (unpaired) electrons. The van der Waals surface area contributed by atoms with Gasteiger partial charge in [-0.1, -0.05) is 12.1 Å². The van der Waals surface area contributed by atoms with Gasteiger partial charge in [0.2, 0.25) is 5.89 Å². The highest BCUT2D eigenvalue weighted by atomic mass is 32.1. The van der Waals surface area contributed by atoms with Gasteiger partial charge in [0.15, 0.2) is 5.82 Å². The Morgan fingerprint density at radius 2 is 2.26 bits per heavy atom. The molecule has 2 rings (SSSR count). The molecule has 0 aromatic carbocycles. The van der Waals surface area contributed by atoms with Crippen molar-refractivity contribution < 1.29 is 9.32 Å². The van der Waals surface area contributed by atoms with Crippen molar-refractivity contribution in [2.24, 2.45) is 0 Å². The molecule has 6 heteroatoms. The van der Waals surface area contributed by atoms with Crippen LogP contribution in [0.25, 0.3) is 0 Å². The summed E-state index contributed by atoms with van der Waals surface area (Å²) in [5.41, 5.74) is 1.22. The first-order valence-electron chi connectivity index (χ1n) is 6.21. The van der Waals surface area contributed by atoms with Crippen LogP contribution >= 0.6 is 11.3 Å². The van der Waals surface area contributed by atoms with Crippen LogP contribution in [-0.2, 0) is 6.42 Å². The molecule has 5 nitrogen and oxygen atoms in total. The van der Waals surface area contributed by atoms with E-state index in [2.05, 4.69) is 22.4 Å². The lowest BCUT2D eigenvalue weighted by Gasteiger charge is -2.07. The summed E-state index contributed by atoms with van der Waals surface area (Å²) < 4.78 is 5.04. The second-order valence-electron chi connectivity index (χ2n) is 4.42. The second kappa shape index (κ2) is 5.52. The highest BCUT2D eigenvalue weighted by molar-refractivity contribution is 7.14. The second-order valence-corrected chi connectivity index (χ2v) is 5.68. The molecule has 102 valence electrons. The number of aromatic nitrogens is 2. The average Bonchev–Trinajstić information content (AvgIpc) is 2.95. The number of carbonyl (C=O) groups is 1. The quantitative estimate of drug-likeness (QED) is 0.934. The minimum atomic E-state index is -0.291. The zero-order valence-corrected chi connectivity index (χ0v) is 12.3. The number of nitrogens with zero attached hydrogens (tertiary/aromatic N) is 2. The third-order valence-electron chi connectivity index (χ3n) is 2.89. The van der Waals surface area contributed by atoms with Gasteiger partial charge in [-0.15, -0.1) is 11.3 Å². The third-order valence-corrected chi connectivity index (χ3v) is 3.98. The normalized spacial score (nSPS) is 12.4. The van der Waals surface area contributed by atoms with E-state index in [-0.39, 0.29) is 11.9 Å². The molecule has 0 aliphatic heterocycles. The Bertz CT molecular complexity index is 588. The predicted molar refractivity (Wildman–Crippen MR) is 73.4 cm³/mol. The molecule has 2 heterocycles. The lowest BCUT2D eigenvalue weighted by atomic mass is 10.2. The van der Waals surface area contributed by atoms with Gasteiger partial charge in [0.1, 0.15) is 6.04 Å². The molecule has 0 aliphatic carbocycles. The molecule has 0 aliphatic rings. The molecule has 1 atom stereocenters. The highest BCUT2D eigenvalue weighted by Crippen LogP contribution is 2.22. The Kier molecular flexibility index (Phi) is 3.99. The molecule has 19 heavy (non-hydrogen) atoms. The maximum Gasteiger partial charge on any atom is 0.262 e. The molecule has 0 spiro atoms. The first-order chi connectivity index (χ1) is 9.01. The molecule has 0 saturated heterocycles. The number of amides is 1. The molecule has 0 saturated carbocycles. The summed E-state index contributed by atoms with van der Waals surface area (Å²) >= 11 is 1.51. The fourth-order valence-corrected chi connectivity index (χ4v) is 2.82. The summed E-state index contributed by atoms with van der Waals surface area (Å²) in [6.45, 7) is 7.69. The van der Waals surface area contributed by atoms with Crippen molar-refractivity contribution in [3.63, 3.8) is 0 Å². The monoisotopic (exact) mass is 279 g/mol. The molecule has 0 bridgehead atoms. The van der Waals surface area contributed by atoms with E-state index in [4.69, 9.17) is 4.52 Å². The van der Waals surface area contributed by atoms with Crippen LogP contribution in [0.15, 0.2) is 10.6 Å². The lowest BCUT2D eigenvalue weighted by Crippen LogP contribution is -2.26. The summed E-state index contributed by atoms with van der Waals surface area (Å²) in [5.74, 6) is 0.891. The molecule has 0 fully saturated rings. The van der Waals surface area contributed by atoms with E-state index in [0.717, 1.165) is 11.3 Å². The maximum absolute atomic E-state index is 12.1. The minimum absolute atomic E-state index is 0.101. The first-order valence-corrected chi connectivity index (χ1v) is 7.03. The summed E-state index contributed by atoms with van der Waals surface area (Å²) in [6.07, 6.45) is 0.939. The maximum atomic E-state index is 12.1. The molecular weight excluding hydrogens is 262 g/mol. The van der Waals surface area contributed by atoms with Crippen LogP contribution in [0.1, 0.15) is 51.7 Å². The molecule has 1 N–H and O–H groups in total. The van der Waals surface area contributed by atoms with Crippen molar-refractivity contribution >= 4 is 17.2 Å². The standard InChI is InChI=1S/C13H17N3O2S/c1-5-10-6-11(19-8(10)3)12(17)14-7(2)13-15-9(4)16-18-13/h6-7H,5H2,1-4H3,(H,14,17)/t7-/m0/s1. The minimum Gasteiger partial charge on any atom is -0.340 e. The van der Waals surface area contributed by atoms with Gasteiger partial charge in [-0.25, -0.2) is 0 Å². The third kappa shape index (κ3) is 3.01. The van der Waals surface area contributed by atoms with Crippen LogP contribution in [0.5, 0.6) is 0 Å². The largest absolute Gasteiger partial charge is 0.340 e. The molecule has 2 aromatic rings. The van der Waals surface area contributed by atoms with Crippen LogP contribution in [0.2, 0.25) is 0 Å². The van der Waals surface area contributed by atoms with E-state index in [1.807, 2.05) is 19.9 Å². The van der Waals surface area contributed by atoms with Crippen molar-refractivity contribution in [2.45, 2.75) is 40.2 Å². The van der Waals surface area contributed by atoms with E-state index in [9.17, 15) is 4.79 Å². The first kappa shape index (κ1) is 13.7. The van der Waals surface area contributed by atoms with E-state index in [0.29, 0.717) is 11.7 Å². The molecule has 0 unspecified atom stereocenters. The van der Waals surface area contributed by atoms with Crippen LogP contribution in [0, 0.1) is 13.8 Å². The summed E-state index contributed by atoms with van der Waals surface area (Å²) in [7, 11) is 0. The number of nitrogens with one attached hydrogen (secondary N) is 1. The fraction of sp³-hybridized carbons (Fsp3) is 0.462. The molecular formula is C13H17N3O2S. The predicted octanol–water partition coefficient (Wildman–Crippen LogP) is 2.80. The fourth-order valence-electron chi connectivity index (χ4n) is 1.80. The van der Waals surface area contributed by atoms with Crippen molar-refractivity contribution in [3.05, 3.63) is 33.1 Å². The van der Waals surface area contributed by atoms with Crippen molar-refractivity contribution in [3.8, 4) is 0 Å². The smallest absolute Gasteiger partial charge is 0.262 e. The Labute approximate surface area is 116 Å². The average molecular weight is 279 g/mol. The van der Waals surface area contributed by atoms with E-state index in [1.165, 1.54) is 21.8 Å². The van der Waals surface area contributed by atoms with Gasteiger partial charge in [0.25, 0.3) is 5.91 Å². The number of carbonyl (C=O) groups excluding carboxylic acids is 1. The van der Waals surface area contributed by atoms with Crippen LogP contribution in [0.4, 0.5) is 0 Å². The number of rotatable bonds is 4. The number of thiophene rings is 1. The van der Waals surface area contributed by atoms with Crippen molar-refractivity contribution in [1.82, 2.24) is 15.5 Å². The SMILES string of the molecule is CCc1cc(C(=O)N[C@@H](C)c2nc(C)no2)sc1C. The van der Waals surface area contributed by atoms with Crippen LogP contribution in [0.3, 0.4) is 0 Å². The van der Waals surface area contributed by atoms with Gasteiger partial charge in [0.05, 0.1) is 4.88 Å². The van der Waals surface area contributed by atoms with Crippen molar-refractivity contribution in [1.29, 1.82) is 0 Å². The zero-order chi connectivity index (χ0) is 14.0. The topological polar surface area (TPSA) is 68.0 Å². The number of aryl methyl sites for hydroxylation is 3. The van der Waals surface area contributed by atoms with Gasteiger partial charge in [-0.2, -0.15) is 4.98 Å². The van der Waals surface area contributed by atoms with Crippen LogP contribution < -0.4 is 5.32 Å². The zero-order valence-electron chi connectivity index (χ0n) is 11.5. The van der Waals surface area contributed by atoms with Crippen LogP contribution in [-0.4, -0.2) is 16.0 Å².